The minimum atomic E-state index is 0.206. The van der Waals surface area contributed by atoms with E-state index in [4.69, 9.17) is 16.0 Å². The number of nitrogens with zero attached hydrogens (tertiary/aromatic N) is 2. The zero-order valence-electron chi connectivity index (χ0n) is 13.8. The molecule has 0 amide bonds. The summed E-state index contributed by atoms with van der Waals surface area (Å²) in [5.41, 5.74) is 2.48. The van der Waals surface area contributed by atoms with Gasteiger partial charge in [-0.1, -0.05) is 60.5 Å². The van der Waals surface area contributed by atoms with E-state index in [1.807, 2.05) is 18.2 Å². The van der Waals surface area contributed by atoms with E-state index in [9.17, 15) is 0 Å². The van der Waals surface area contributed by atoms with E-state index < -0.39 is 0 Å². The van der Waals surface area contributed by atoms with Crippen molar-refractivity contribution in [3.05, 3.63) is 82.5 Å². The number of hydrogen-bond acceptors (Lipinski definition) is 4. The molecule has 5 heteroatoms. The summed E-state index contributed by atoms with van der Waals surface area (Å²) in [5, 5.41) is 9.42. The highest BCUT2D eigenvalue weighted by Gasteiger charge is 2.25. The molecule has 4 rings (SSSR count). The third-order valence-electron chi connectivity index (χ3n) is 4.59. The van der Waals surface area contributed by atoms with Crippen molar-refractivity contribution >= 4 is 23.4 Å². The molecule has 1 fully saturated rings. The van der Waals surface area contributed by atoms with Crippen molar-refractivity contribution in [3.8, 4) is 0 Å². The standard InChI is InChI=1S/C20H19ClN2OS/c21-17-11-9-15(10-12-17)19(14-5-2-1-3-6-14)25-13-18-22-23-20(24-18)16-7-4-8-16/h1-3,5-6,9-12,16,19H,4,7-8,13H2. The normalized spacial score (nSPS) is 15.7. The summed E-state index contributed by atoms with van der Waals surface area (Å²) in [6, 6.07) is 18.5. The number of thioether (sulfide) groups is 1. The fourth-order valence-corrected chi connectivity index (χ4v) is 4.20. The topological polar surface area (TPSA) is 38.9 Å². The van der Waals surface area contributed by atoms with Crippen LogP contribution < -0.4 is 0 Å². The molecule has 1 heterocycles. The summed E-state index contributed by atoms with van der Waals surface area (Å²) < 4.78 is 5.86. The molecule has 1 saturated carbocycles. The van der Waals surface area contributed by atoms with Crippen LogP contribution in [0.25, 0.3) is 0 Å². The summed E-state index contributed by atoms with van der Waals surface area (Å²) in [6.45, 7) is 0. The molecule has 3 nitrogen and oxygen atoms in total. The van der Waals surface area contributed by atoms with Gasteiger partial charge in [-0.2, -0.15) is 0 Å². The predicted molar refractivity (Wildman–Crippen MR) is 102 cm³/mol. The molecule has 0 aliphatic heterocycles. The van der Waals surface area contributed by atoms with Crippen LogP contribution in [0.2, 0.25) is 5.02 Å². The highest BCUT2D eigenvalue weighted by molar-refractivity contribution is 7.98. The lowest BCUT2D eigenvalue weighted by molar-refractivity contribution is 0.328. The lowest BCUT2D eigenvalue weighted by Crippen LogP contribution is -2.08. The van der Waals surface area contributed by atoms with Gasteiger partial charge in [0.05, 0.1) is 11.0 Å². The largest absolute Gasteiger partial charge is 0.424 e. The van der Waals surface area contributed by atoms with Crippen molar-refractivity contribution in [1.29, 1.82) is 0 Å². The molecule has 0 spiro atoms. The maximum atomic E-state index is 6.05. The molecular formula is C20H19ClN2OS. The number of benzene rings is 2. The first kappa shape index (κ1) is 16.7. The van der Waals surface area contributed by atoms with Crippen LogP contribution in [-0.2, 0) is 5.75 Å². The molecule has 1 aliphatic carbocycles. The lowest BCUT2D eigenvalue weighted by Gasteiger charge is -2.20. The van der Waals surface area contributed by atoms with Crippen molar-refractivity contribution in [1.82, 2.24) is 10.2 Å². The Hall–Kier alpha value is -1.78. The van der Waals surface area contributed by atoms with Crippen LogP contribution in [-0.4, -0.2) is 10.2 Å². The summed E-state index contributed by atoms with van der Waals surface area (Å²) in [5.74, 6) is 2.70. The van der Waals surface area contributed by atoms with Gasteiger partial charge >= 0.3 is 0 Å². The van der Waals surface area contributed by atoms with Gasteiger partial charge < -0.3 is 4.42 Å². The summed E-state index contributed by atoms with van der Waals surface area (Å²) in [4.78, 5) is 0. The molecule has 0 saturated heterocycles. The van der Waals surface area contributed by atoms with Crippen molar-refractivity contribution < 1.29 is 4.42 Å². The van der Waals surface area contributed by atoms with E-state index >= 15 is 0 Å². The quantitative estimate of drug-likeness (QED) is 0.532. The Bertz CT molecular complexity index is 815. The molecule has 1 unspecified atom stereocenters. The third-order valence-corrected chi connectivity index (χ3v) is 6.13. The fraction of sp³-hybridized carbons (Fsp3) is 0.300. The highest BCUT2D eigenvalue weighted by Crippen LogP contribution is 2.39. The average molecular weight is 371 g/mol. The molecule has 2 aromatic carbocycles. The van der Waals surface area contributed by atoms with E-state index in [1.54, 1.807) is 11.8 Å². The van der Waals surface area contributed by atoms with Crippen LogP contribution in [0.5, 0.6) is 0 Å². The van der Waals surface area contributed by atoms with Crippen molar-refractivity contribution in [2.45, 2.75) is 36.2 Å². The van der Waals surface area contributed by atoms with Crippen LogP contribution in [0.4, 0.5) is 0 Å². The Morgan fingerprint density at radius 3 is 2.40 bits per heavy atom. The molecule has 25 heavy (non-hydrogen) atoms. The second kappa shape index (κ2) is 7.63. The van der Waals surface area contributed by atoms with Gasteiger partial charge in [-0.05, 0) is 36.1 Å². The average Bonchev–Trinajstić information content (AvgIpc) is 3.04. The highest BCUT2D eigenvalue weighted by atomic mass is 35.5. The van der Waals surface area contributed by atoms with E-state index in [2.05, 4.69) is 46.6 Å². The van der Waals surface area contributed by atoms with Gasteiger partial charge in [0.2, 0.25) is 11.8 Å². The van der Waals surface area contributed by atoms with Crippen LogP contribution in [0, 0.1) is 0 Å². The van der Waals surface area contributed by atoms with Crippen LogP contribution >= 0.6 is 23.4 Å². The first-order valence-electron chi connectivity index (χ1n) is 8.54. The first-order valence-corrected chi connectivity index (χ1v) is 9.96. The van der Waals surface area contributed by atoms with Crippen molar-refractivity contribution in [2.75, 3.05) is 0 Å². The molecule has 3 aromatic rings. The number of halogens is 1. The van der Waals surface area contributed by atoms with Crippen LogP contribution in [0.3, 0.4) is 0 Å². The second-order valence-corrected chi connectivity index (χ2v) is 7.84. The Labute approximate surface area is 156 Å². The van der Waals surface area contributed by atoms with Gasteiger partial charge in [-0.15, -0.1) is 22.0 Å². The minimum Gasteiger partial charge on any atom is -0.424 e. The molecule has 1 aliphatic rings. The Morgan fingerprint density at radius 1 is 1.00 bits per heavy atom. The van der Waals surface area contributed by atoms with Gasteiger partial charge in [0.25, 0.3) is 0 Å². The number of rotatable bonds is 6. The molecule has 1 atom stereocenters. The van der Waals surface area contributed by atoms with E-state index in [-0.39, 0.29) is 5.25 Å². The number of aromatic nitrogens is 2. The monoisotopic (exact) mass is 370 g/mol. The Balaban J connectivity index is 1.52. The zero-order valence-corrected chi connectivity index (χ0v) is 15.3. The maximum Gasteiger partial charge on any atom is 0.226 e. The minimum absolute atomic E-state index is 0.206. The molecule has 128 valence electrons. The predicted octanol–water partition coefficient (Wildman–Crippen LogP) is 6.01. The summed E-state index contributed by atoms with van der Waals surface area (Å²) in [7, 11) is 0. The van der Waals surface area contributed by atoms with Gasteiger partial charge in [0.1, 0.15) is 0 Å². The van der Waals surface area contributed by atoms with Crippen LogP contribution in [0.15, 0.2) is 59.0 Å². The smallest absolute Gasteiger partial charge is 0.226 e. The van der Waals surface area contributed by atoms with Crippen molar-refractivity contribution in [2.24, 2.45) is 0 Å². The van der Waals surface area contributed by atoms with Gasteiger partial charge in [-0.25, -0.2) is 0 Å². The molecule has 1 aromatic heterocycles. The van der Waals surface area contributed by atoms with Gasteiger partial charge in [0, 0.05) is 10.9 Å². The van der Waals surface area contributed by atoms with Gasteiger partial charge in [0.15, 0.2) is 0 Å². The molecule has 0 N–H and O–H groups in total. The summed E-state index contributed by atoms with van der Waals surface area (Å²) >= 11 is 7.84. The fourth-order valence-electron chi connectivity index (χ4n) is 2.95. The third kappa shape index (κ3) is 3.91. The maximum absolute atomic E-state index is 6.05. The van der Waals surface area contributed by atoms with Crippen LogP contribution in [0.1, 0.15) is 53.3 Å². The SMILES string of the molecule is Clc1ccc(C(SCc2nnc(C3CCC3)o2)c2ccccc2)cc1. The molecule has 0 bridgehead atoms. The van der Waals surface area contributed by atoms with E-state index in [0.29, 0.717) is 17.6 Å². The van der Waals surface area contributed by atoms with Crippen molar-refractivity contribution in [3.63, 3.8) is 0 Å². The summed E-state index contributed by atoms with van der Waals surface area (Å²) in [6.07, 6.45) is 3.61. The second-order valence-electron chi connectivity index (χ2n) is 6.32. The Morgan fingerprint density at radius 2 is 1.72 bits per heavy atom. The van der Waals surface area contributed by atoms with E-state index in [0.717, 1.165) is 10.9 Å². The molecule has 0 radical (unpaired) electrons. The van der Waals surface area contributed by atoms with E-state index in [1.165, 1.54) is 30.4 Å². The lowest BCUT2D eigenvalue weighted by atomic mass is 9.85. The zero-order chi connectivity index (χ0) is 17.1. The number of hydrogen-bond donors (Lipinski definition) is 0. The van der Waals surface area contributed by atoms with Gasteiger partial charge in [-0.3, -0.25) is 0 Å². The first-order chi connectivity index (χ1) is 12.3. The Kier molecular flexibility index (Phi) is 5.09. The molecular weight excluding hydrogens is 352 g/mol.